The topological polar surface area (TPSA) is 80.3 Å². The highest BCUT2D eigenvalue weighted by Gasteiger charge is 2.28. The number of pyridine rings is 1. The van der Waals surface area contributed by atoms with E-state index in [-0.39, 0.29) is 11.8 Å². The summed E-state index contributed by atoms with van der Waals surface area (Å²) in [7, 11) is 0. The van der Waals surface area contributed by atoms with E-state index in [1.54, 1.807) is 30.6 Å². The molecule has 0 aliphatic heterocycles. The van der Waals surface area contributed by atoms with Gasteiger partial charge in [-0.3, -0.25) is 14.6 Å². The minimum absolute atomic E-state index is 0.174. The maximum absolute atomic E-state index is 13.0. The molecular weight excluding hydrogens is 398 g/mol. The molecule has 2 aromatic heterocycles. The SMILES string of the molecule is CCOc1ccccc1C(=O)Nc1sc2c(c1C(=O)NCc1cccnc1)CCC2. The molecule has 7 heteroatoms. The molecule has 1 aliphatic carbocycles. The molecule has 0 saturated carbocycles. The lowest BCUT2D eigenvalue weighted by Gasteiger charge is -2.12. The number of rotatable bonds is 7. The lowest BCUT2D eigenvalue weighted by atomic mass is 10.1. The summed E-state index contributed by atoms with van der Waals surface area (Å²) in [6.07, 6.45) is 6.25. The van der Waals surface area contributed by atoms with Gasteiger partial charge in [-0.1, -0.05) is 18.2 Å². The van der Waals surface area contributed by atoms with Gasteiger partial charge in [-0.05, 0) is 55.5 Å². The summed E-state index contributed by atoms with van der Waals surface area (Å²) in [6, 6.07) is 10.9. The molecule has 0 unspecified atom stereocenters. The number of fused-ring (bicyclic) bond motifs is 1. The smallest absolute Gasteiger partial charge is 0.260 e. The van der Waals surface area contributed by atoms with Crippen molar-refractivity contribution in [1.29, 1.82) is 0 Å². The summed E-state index contributed by atoms with van der Waals surface area (Å²) in [6.45, 7) is 2.74. The Morgan fingerprint density at radius 1 is 1.13 bits per heavy atom. The van der Waals surface area contributed by atoms with E-state index in [4.69, 9.17) is 4.74 Å². The summed E-state index contributed by atoms with van der Waals surface area (Å²) in [5, 5.41) is 6.53. The maximum Gasteiger partial charge on any atom is 0.260 e. The number of ether oxygens (including phenoxy) is 1. The van der Waals surface area contributed by atoms with Crippen molar-refractivity contribution in [3.8, 4) is 5.75 Å². The molecule has 0 spiro atoms. The van der Waals surface area contributed by atoms with E-state index < -0.39 is 0 Å². The zero-order chi connectivity index (χ0) is 20.9. The van der Waals surface area contributed by atoms with Crippen LogP contribution in [0.5, 0.6) is 5.75 Å². The van der Waals surface area contributed by atoms with E-state index in [0.717, 1.165) is 30.4 Å². The number of anilines is 1. The van der Waals surface area contributed by atoms with Crippen LogP contribution in [0.2, 0.25) is 0 Å². The van der Waals surface area contributed by atoms with Gasteiger partial charge in [-0.15, -0.1) is 11.3 Å². The van der Waals surface area contributed by atoms with Crippen molar-refractivity contribution in [3.63, 3.8) is 0 Å². The summed E-state index contributed by atoms with van der Waals surface area (Å²) >= 11 is 1.49. The van der Waals surface area contributed by atoms with Crippen molar-refractivity contribution >= 4 is 28.2 Å². The molecule has 0 fully saturated rings. The molecule has 0 radical (unpaired) electrons. The second-order valence-electron chi connectivity index (χ2n) is 6.99. The second-order valence-corrected chi connectivity index (χ2v) is 8.09. The summed E-state index contributed by atoms with van der Waals surface area (Å²) in [5.74, 6) is 0.0797. The number of nitrogens with zero attached hydrogens (tertiary/aromatic N) is 1. The van der Waals surface area contributed by atoms with Crippen LogP contribution in [0.25, 0.3) is 0 Å². The van der Waals surface area contributed by atoms with Crippen molar-refractivity contribution in [2.24, 2.45) is 0 Å². The van der Waals surface area contributed by atoms with Crippen molar-refractivity contribution < 1.29 is 14.3 Å². The number of amides is 2. The third-order valence-corrected chi connectivity index (χ3v) is 6.19. The lowest BCUT2D eigenvalue weighted by molar-refractivity contribution is 0.0951. The predicted molar refractivity (Wildman–Crippen MR) is 117 cm³/mol. The number of hydrogen-bond acceptors (Lipinski definition) is 5. The lowest BCUT2D eigenvalue weighted by Crippen LogP contribution is -2.25. The largest absolute Gasteiger partial charge is 0.493 e. The van der Waals surface area contributed by atoms with Crippen LogP contribution >= 0.6 is 11.3 Å². The van der Waals surface area contributed by atoms with Crippen LogP contribution in [0.15, 0.2) is 48.8 Å². The van der Waals surface area contributed by atoms with Crippen LogP contribution in [0.3, 0.4) is 0 Å². The highest BCUT2D eigenvalue weighted by molar-refractivity contribution is 7.17. The molecule has 1 aromatic carbocycles. The number of nitrogens with one attached hydrogen (secondary N) is 2. The van der Waals surface area contributed by atoms with Gasteiger partial charge in [-0.25, -0.2) is 0 Å². The Bertz CT molecular complexity index is 1060. The van der Waals surface area contributed by atoms with Gasteiger partial charge < -0.3 is 15.4 Å². The Balaban J connectivity index is 1.57. The Morgan fingerprint density at radius 2 is 2.00 bits per heavy atom. The number of benzene rings is 1. The van der Waals surface area contributed by atoms with E-state index in [0.29, 0.717) is 35.0 Å². The molecular formula is C23H23N3O3S. The first-order chi connectivity index (χ1) is 14.7. The molecule has 2 N–H and O–H groups in total. The van der Waals surface area contributed by atoms with Gasteiger partial charge in [0, 0.05) is 23.8 Å². The molecule has 2 amide bonds. The number of para-hydroxylation sites is 1. The number of aromatic nitrogens is 1. The summed E-state index contributed by atoms with van der Waals surface area (Å²) in [5.41, 5.74) is 3.01. The number of carbonyl (C=O) groups excluding carboxylic acids is 2. The van der Waals surface area contributed by atoms with Crippen LogP contribution < -0.4 is 15.4 Å². The van der Waals surface area contributed by atoms with E-state index in [1.807, 2.05) is 25.1 Å². The normalized spacial score (nSPS) is 12.3. The van der Waals surface area contributed by atoms with E-state index in [9.17, 15) is 9.59 Å². The van der Waals surface area contributed by atoms with Gasteiger partial charge in [0.1, 0.15) is 10.8 Å². The number of hydrogen-bond donors (Lipinski definition) is 2. The van der Waals surface area contributed by atoms with Gasteiger partial charge >= 0.3 is 0 Å². The molecule has 4 rings (SSSR count). The monoisotopic (exact) mass is 421 g/mol. The van der Waals surface area contributed by atoms with Crippen molar-refractivity contribution in [2.75, 3.05) is 11.9 Å². The van der Waals surface area contributed by atoms with Gasteiger partial charge in [0.2, 0.25) is 0 Å². The van der Waals surface area contributed by atoms with Gasteiger partial charge in [0.25, 0.3) is 11.8 Å². The molecule has 2 heterocycles. The molecule has 154 valence electrons. The van der Waals surface area contributed by atoms with Crippen LogP contribution in [0, 0.1) is 0 Å². The van der Waals surface area contributed by atoms with Crippen LogP contribution in [0.1, 0.15) is 50.1 Å². The molecule has 0 bridgehead atoms. The van der Waals surface area contributed by atoms with Gasteiger partial charge in [0.05, 0.1) is 17.7 Å². The zero-order valence-corrected chi connectivity index (χ0v) is 17.6. The highest BCUT2D eigenvalue weighted by Crippen LogP contribution is 2.39. The first-order valence-corrected chi connectivity index (χ1v) is 10.8. The van der Waals surface area contributed by atoms with Crippen LogP contribution in [-0.2, 0) is 19.4 Å². The summed E-state index contributed by atoms with van der Waals surface area (Å²) < 4.78 is 5.58. The van der Waals surface area contributed by atoms with E-state index in [1.165, 1.54) is 16.2 Å². The van der Waals surface area contributed by atoms with Crippen molar-refractivity contribution in [1.82, 2.24) is 10.3 Å². The van der Waals surface area contributed by atoms with E-state index >= 15 is 0 Å². The highest BCUT2D eigenvalue weighted by atomic mass is 32.1. The van der Waals surface area contributed by atoms with Crippen LogP contribution in [-0.4, -0.2) is 23.4 Å². The fourth-order valence-electron chi connectivity index (χ4n) is 3.61. The molecule has 30 heavy (non-hydrogen) atoms. The fourth-order valence-corrected chi connectivity index (χ4v) is 4.89. The third kappa shape index (κ3) is 4.21. The third-order valence-electron chi connectivity index (χ3n) is 4.98. The van der Waals surface area contributed by atoms with Crippen LogP contribution in [0.4, 0.5) is 5.00 Å². The minimum Gasteiger partial charge on any atom is -0.493 e. The number of thiophene rings is 1. The Hall–Kier alpha value is -3.19. The summed E-state index contributed by atoms with van der Waals surface area (Å²) in [4.78, 5) is 31.3. The fraction of sp³-hybridized carbons (Fsp3) is 0.261. The van der Waals surface area contributed by atoms with Gasteiger partial charge in [0.15, 0.2) is 0 Å². The maximum atomic E-state index is 13.0. The molecule has 1 aliphatic rings. The first-order valence-electron chi connectivity index (χ1n) is 10.0. The van der Waals surface area contributed by atoms with E-state index in [2.05, 4.69) is 15.6 Å². The Labute approximate surface area is 179 Å². The average molecular weight is 422 g/mol. The van der Waals surface area contributed by atoms with Crippen molar-refractivity contribution in [2.45, 2.75) is 32.7 Å². The first kappa shape index (κ1) is 20.1. The molecule has 0 atom stereocenters. The predicted octanol–water partition coefficient (Wildman–Crippen LogP) is 4.21. The van der Waals surface area contributed by atoms with Crippen molar-refractivity contribution in [3.05, 3.63) is 75.9 Å². The molecule has 3 aromatic rings. The Kier molecular flexibility index (Phi) is 6.09. The number of aryl methyl sites for hydroxylation is 1. The second kappa shape index (κ2) is 9.09. The van der Waals surface area contributed by atoms with Gasteiger partial charge in [-0.2, -0.15) is 0 Å². The zero-order valence-electron chi connectivity index (χ0n) is 16.7. The minimum atomic E-state index is -0.278. The molecule has 6 nitrogen and oxygen atoms in total. The molecule has 0 saturated heterocycles. The number of carbonyl (C=O) groups is 2. The quantitative estimate of drug-likeness (QED) is 0.599. The average Bonchev–Trinajstić information content (AvgIpc) is 3.34. The standard InChI is InChI=1S/C23H23N3O3S/c1-2-29-18-10-4-3-8-16(18)21(27)26-23-20(17-9-5-11-19(17)30-23)22(28)25-14-15-7-6-12-24-13-15/h3-4,6-8,10,12-13H,2,5,9,11,14H2,1H3,(H,25,28)(H,26,27). The Morgan fingerprint density at radius 3 is 2.80 bits per heavy atom.